The predicted molar refractivity (Wildman–Crippen MR) is 86.8 cm³/mol. The van der Waals surface area contributed by atoms with Crippen LogP contribution in [-0.4, -0.2) is 29.2 Å². The minimum atomic E-state index is -0.266. The molecule has 2 aromatic rings. The molecular weight excluding hydrogens is 258 g/mol. The van der Waals surface area contributed by atoms with E-state index in [9.17, 15) is 5.11 Å². The zero-order valence-electron chi connectivity index (χ0n) is 12.2. The third kappa shape index (κ3) is 4.03. The van der Waals surface area contributed by atoms with E-state index < -0.39 is 0 Å². The molecule has 0 spiro atoms. The summed E-state index contributed by atoms with van der Waals surface area (Å²) in [5.41, 5.74) is 3.81. The lowest BCUT2D eigenvalue weighted by atomic mass is 9.99. The van der Waals surface area contributed by atoms with Gasteiger partial charge in [0.25, 0.3) is 0 Å². The fourth-order valence-corrected chi connectivity index (χ4v) is 2.93. The van der Waals surface area contributed by atoms with E-state index in [2.05, 4.69) is 47.4 Å². The van der Waals surface area contributed by atoms with Crippen molar-refractivity contribution in [2.45, 2.75) is 19.1 Å². The first-order valence-electron chi connectivity index (χ1n) is 7.48. The Bertz CT molecular complexity index is 591. The summed E-state index contributed by atoms with van der Waals surface area (Å²) < 4.78 is 0. The van der Waals surface area contributed by atoms with Crippen molar-refractivity contribution in [3.05, 3.63) is 77.4 Å². The van der Waals surface area contributed by atoms with Crippen LogP contribution >= 0.6 is 0 Å². The van der Waals surface area contributed by atoms with Crippen molar-refractivity contribution in [1.29, 1.82) is 0 Å². The Morgan fingerprint density at radius 2 is 1.67 bits per heavy atom. The minimum absolute atomic E-state index is 0.266. The van der Waals surface area contributed by atoms with Crippen LogP contribution in [0.25, 0.3) is 6.08 Å². The molecule has 21 heavy (non-hydrogen) atoms. The molecule has 2 heteroatoms. The van der Waals surface area contributed by atoms with Crippen LogP contribution in [-0.2, 0) is 6.54 Å². The first-order chi connectivity index (χ1) is 10.3. The molecule has 0 aliphatic carbocycles. The molecule has 1 aliphatic rings. The molecule has 0 amide bonds. The van der Waals surface area contributed by atoms with Crippen molar-refractivity contribution in [3.63, 3.8) is 0 Å². The molecule has 2 nitrogen and oxygen atoms in total. The average molecular weight is 279 g/mol. The van der Waals surface area contributed by atoms with Gasteiger partial charge in [-0.3, -0.25) is 4.90 Å². The van der Waals surface area contributed by atoms with Gasteiger partial charge in [-0.2, -0.15) is 0 Å². The zero-order valence-corrected chi connectivity index (χ0v) is 12.2. The minimum Gasteiger partial charge on any atom is -0.391 e. The van der Waals surface area contributed by atoms with E-state index in [-0.39, 0.29) is 6.10 Å². The van der Waals surface area contributed by atoms with Crippen molar-refractivity contribution in [3.8, 4) is 0 Å². The fraction of sp³-hybridized carbons (Fsp3) is 0.263. The number of benzene rings is 2. The maximum absolute atomic E-state index is 10.1. The van der Waals surface area contributed by atoms with Crippen LogP contribution in [0.1, 0.15) is 17.5 Å². The maximum Gasteiger partial charge on any atom is 0.0705 e. The van der Waals surface area contributed by atoms with Gasteiger partial charge in [0.2, 0.25) is 0 Å². The highest BCUT2D eigenvalue weighted by atomic mass is 16.3. The van der Waals surface area contributed by atoms with Crippen molar-refractivity contribution in [2.24, 2.45) is 0 Å². The number of β-amino-alcohol motifs (C(OH)–C–C–N with tert-alkyl or cyclic N) is 1. The Hall–Kier alpha value is -1.90. The first kappa shape index (κ1) is 14.1. The second-order valence-electron chi connectivity index (χ2n) is 5.73. The van der Waals surface area contributed by atoms with Crippen LogP contribution < -0.4 is 0 Å². The molecule has 0 radical (unpaired) electrons. The molecule has 0 unspecified atom stereocenters. The molecule has 1 aliphatic heterocycles. The van der Waals surface area contributed by atoms with E-state index in [4.69, 9.17) is 0 Å². The van der Waals surface area contributed by atoms with Crippen LogP contribution in [0.5, 0.6) is 0 Å². The Morgan fingerprint density at radius 3 is 2.38 bits per heavy atom. The summed E-state index contributed by atoms with van der Waals surface area (Å²) in [6, 6.07) is 20.8. The van der Waals surface area contributed by atoms with Gasteiger partial charge in [0.15, 0.2) is 0 Å². The predicted octanol–water partition coefficient (Wildman–Crippen LogP) is 3.34. The lowest BCUT2D eigenvalue weighted by Gasteiger charge is -2.32. The van der Waals surface area contributed by atoms with E-state index >= 15 is 0 Å². The van der Waals surface area contributed by atoms with Crippen molar-refractivity contribution >= 4 is 6.08 Å². The molecule has 1 N–H and O–H groups in total. The first-order valence-corrected chi connectivity index (χ1v) is 7.48. The number of likely N-dealkylation sites (tertiary alicyclic amines) is 1. The summed E-state index contributed by atoms with van der Waals surface area (Å²) >= 11 is 0. The van der Waals surface area contributed by atoms with Crippen LogP contribution in [0.3, 0.4) is 0 Å². The van der Waals surface area contributed by atoms with Crippen molar-refractivity contribution in [1.82, 2.24) is 4.90 Å². The number of hydrogen-bond donors (Lipinski definition) is 1. The van der Waals surface area contributed by atoms with Gasteiger partial charge in [0, 0.05) is 19.6 Å². The molecular formula is C19H21NO. The van der Waals surface area contributed by atoms with Gasteiger partial charge in [-0.15, -0.1) is 0 Å². The summed E-state index contributed by atoms with van der Waals surface area (Å²) in [7, 11) is 0. The molecule has 1 saturated heterocycles. The number of rotatable bonds is 3. The number of aliphatic hydroxyl groups is 1. The van der Waals surface area contributed by atoms with Crippen LogP contribution in [0, 0.1) is 0 Å². The monoisotopic (exact) mass is 279 g/mol. The van der Waals surface area contributed by atoms with Crippen LogP contribution in [0.2, 0.25) is 0 Å². The van der Waals surface area contributed by atoms with E-state index in [1.54, 1.807) is 0 Å². The summed E-state index contributed by atoms with van der Waals surface area (Å²) in [6.07, 6.45) is 2.72. The summed E-state index contributed by atoms with van der Waals surface area (Å²) in [5.74, 6) is 0. The van der Waals surface area contributed by atoms with Gasteiger partial charge in [-0.25, -0.2) is 0 Å². The van der Waals surface area contributed by atoms with E-state index in [0.29, 0.717) is 0 Å². The lowest BCUT2D eigenvalue weighted by Crippen LogP contribution is -2.39. The fourth-order valence-electron chi connectivity index (χ4n) is 2.93. The van der Waals surface area contributed by atoms with E-state index in [1.165, 1.54) is 16.7 Å². The third-order valence-electron chi connectivity index (χ3n) is 3.81. The summed E-state index contributed by atoms with van der Waals surface area (Å²) in [4.78, 5) is 2.32. The largest absolute Gasteiger partial charge is 0.391 e. The molecule has 108 valence electrons. The molecule has 1 heterocycles. The lowest BCUT2D eigenvalue weighted by molar-refractivity contribution is 0.0912. The van der Waals surface area contributed by atoms with Crippen molar-refractivity contribution < 1.29 is 5.11 Å². The number of nitrogens with zero attached hydrogens (tertiary/aromatic N) is 1. The standard InChI is InChI=1S/C19H21NO/c21-19-12-18(11-16-7-3-1-4-8-16)14-20(15-19)13-17-9-5-2-6-10-17/h1-11,19,21H,12-15H2/b18-11+/t19-/m1/s1. The highest BCUT2D eigenvalue weighted by Crippen LogP contribution is 2.20. The van der Waals surface area contributed by atoms with E-state index in [0.717, 1.165) is 26.1 Å². The Morgan fingerprint density at radius 1 is 1.00 bits per heavy atom. The summed E-state index contributed by atoms with van der Waals surface area (Å²) in [5, 5.41) is 10.1. The van der Waals surface area contributed by atoms with Gasteiger partial charge in [-0.1, -0.05) is 72.3 Å². The maximum atomic E-state index is 10.1. The Labute approximate surface area is 126 Å². The Kier molecular flexibility index (Phi) is 4.49. The van der Waals surface area contributed by atoms with Crippen LogP contribution in [0.4, 0.5) is 0 Å². The molecule has 0 aromatic heterocycles. The average Bonchev–Trinajstić information content (AvgIpc) is 2.48. The van der Waals surface area contributed by atoms with Crippen LogP contribution in [0.15, 0.2) is 66.2 Å². The zero-order chi connectivity index (χ0) is 14.5. The topological polar surface area (TPSA) is 23.5 Å². The molecule has 1 fully saturated rings. The number of piperidine rings is 1. The van der Waals surface area contributed by atoms with E-state index in [1.807, 2.05) is 24.3 Å². The van der Waals surface area contributed by atoms with Gasteiger partial charge in [-0.05, 0) is 17.5 Å². The second-order valence-corrected chi connectivity index (χ2v) is 5.73. The van der Waals surface area contributed by atoms with Crippen molar-refractivity contribution in [2.75, 3.05) is 13.1 Å². The third-order valence-corrected chi connectivity index (χ3v) is 3.81. The number of hydrogen-bond acceptors (Lipinski definition) is 2. The van der Waals surface area contributed by atoms with Gasteiger partial charge in [0.1, 0.15) is 0 Å². The second kappa shape index (κ2) is 6.70. The van der Waals surface area contributed by atoms with Gasteiger partial charge >= 0.3 is 0 Å². The smallest absolute Gasteiger partial charge is 0.0705 e. The quantitative estimate of drug-likeness (QED) is 0.931. The molecule has 2 aromatic carbocycles. The normalized spacial score (nSPS) is 21.6. The number of aliphatic hydroxyl groups excluding tert-OH is 1. The summed E-state index contributed by atoms with van der Waals surface area (Å²) in [6.45, 7) is 2.58. The molecule has 0 saturated carbocycles. The highest BCUT2D eigenvalue weighted by molar-refractivity contribution is 5.53. The molecule has 1 atom stereocenters. The molecule has 0 bridgehead atoms. The molecule has 3 rings (SSSR count). The highest BCUT2D eigenvalue weighted by Gasteiger charge is 2.21. The van der Waals surface area contributed by atoms with Gasteiger partial charge in [0.05, 0.1) is 6.10 Å². The van der Waals surface area contributed by atoms with Gasteiger partial charge < -0.3 is 5.11 Å². The SMILES string of the molecule is O[C@@H]1C/C(=C\c2ccccc2)CN(Cc2ccccc2)C1. The Balaban J connectivity index is 1.71.